The topological polar surface area (TPSA) is 74.5 Å². The van der Waals surface area contributed by atoms with Crippen LogP contribution in [-0.2, 0) is 19.0 Å². The Labute approximate surface area is 299 Å². The maximum atomic E-state index is 14.6. The molecule has 1 aliphatic rings. The lowest BCUT2D eigenvalue weighted by molar-refractivity contribution is -0.164. The van der Waals surface area contributed by atoms with Crippen LogP contribution in [0.4, 0.5) is 14.6 Å². The van der Waals surface area contributed by atoms with Gasteiger partial charge in [0.2, 0.25) is 0 Å². The standard InChI is InChI=1S/C41H49F2N3O5/c1-10-13-27(4)50-34-24-32(43)31(42)23-30(34)28-14-12-15-29(22-28)33-25-46-35(44-33)21-26(3)36(37(39(47)48-9)51-40(5,6)7)38(46)45-18-16-41(8,17-19-45)49-20-11-2/h10-12,14-15,21-25,27,37H,1-2,13,16-20H2,3-9H3/t27-,37-/m0/s1. The Bertz CT molecular complexity index is 1910. The molecule has 5 rings (SSSR count). The zero-order chi connectivity index (χ0) is 37.1. The molecule has 0 N–H and O–H groups in total. The molecule has 10 heteroatoms. The number of hydrogen-bond donors (Lipinski definition) is 0. The third-order valence-electron chi connectivity index (χ3n) is 9.11. The highest BCUT2D eigenvalue weighted by Gasteiger charge is 2.37. The second-order valence-electron chi connectivity index (χ2n) is 14.4. The van der Waals surface area contributed by atoms with Crippen LogP contribution in [0.25, 0.3) is 28.0 Å². The van der Waals surface area contributed by atoms with Gasteiger partial charge in [-0.2, -0.15) is 0 Å². The van der Waals surface area contributed by atoms with Crippen LogP contribution in [-0.4, -0.2) is 59.5 Å². The summed E-state index contributed by atoms with van der Waals surface area (Å²) in [6, 6.07) is 11.7. The number of esters is 1. The number of carbonyl (C=O) groups is 1. The summed E-state index contributed by atoms with van der Waals surface area (Å²) in [7, 11) is 1.37. The van der Waals surface area contributed by atoms with E-state index >= 15 is 0 Å². The number of imidazole rings is 1. The number of ether oxygens (including phenoxy) is 4. The minimum atomic E-state index is -0.996. The average molecular weight is 702 g/mol. The molecule has 3 heterocycles. The van der Waals surface area contributed by atoms with Crippen molar-refractivity contribution in [3.8, 4) is 28.1 Å². The van der Waals surface area contributed by atoms with Crippen molar-refractivity contribution in [1.82, 2.24) is 9.38 Å². The number of fused-ring (bicyclic) bond motifs is 1. The SMILES string of the molecule is C=CCOC1(C)CCN(c2c([C@H](OC(C)(C)C)C(=O)OC)c(C)cc3nc(-c4cccc(-c5cc(F)c(F)cc5O[C@@H](C)CC=C)c4)cn23)CC1. The predicted octanol–water partition coefficient (Wildman–Crippen LogP) is 9.19. The molecule has 8 nitrogen and oxygen atoms in total. The van der Waals surface area contributed by atoms with Crippen molar-refractivity contribution in [2.75, 3.05) is 31.7 Å². The van der Waals surface area contributed by atoms with E-state index in [9.17, 15) is 13.6 Å². The lowest BCUT2D eigenvalue weighted by atomic mass is 9.92. The van der Waals surface area contributed by atoms with Gasteiger partial charge in [-0.05, 0) is 83.7 Å². The monoisotopic (exact) mass is 701 g/mol. The van der Waals surface area contributed by atoms with Gasteiger partial charge in [0.25, 0.3) is 0 Å². The van der Waals surface area contributed by atoms with E-state index in [1.807, 2.05) is 75.5 Å². The molecule has 2 atom stereocenters. The fraction of sp³-hybridized carbons (Fsp3) is 0.415. The maximum Gasteiger partial charge on any atom is 0.339 e. The van der Waals surface area contributed by atoms with E-state index in [1.165, 1.54) is 7.11 Å². The fourth-order valence-electron chi connectivity index (χ4n) is 6.51. The quantitative estimate of drug-likeness (QED) is 0.102. The number of aryl methyl sites for hydroxylation is 1. The number of pyridine rings is 1. The maximum absolute atomic E-state index is 14.6. The van der Waals surface area contributed by atoms with Crippen LogP contribution < -0.4 is 9.64 Å². The summed E-state index contributed by atoms with van der Waals surface area (Å²) in [5.41, 5.74) is 3.72. The zero-order valence-electron chi connectivity index (χ0n) is 30.7. The molecule has 0 aliphatic carbocycles. The van der Waals surface area contributed by atoms with Crippen LogP contribution in [0, 0.1) is 18.6 Å². The Morgan fingerprint density at radius 1 is 1.06 bits per heavy atom. The minimum Gasteiger partial charge on any atom is -0.490 e. The highest BCUT2D eigenvalue weighted by molar-refractivity contribution is 5.81. The van der Waals surface area contributed by atoms with Crippen molar-refractivity contribution >= 4 is 17.4 Å². The zero-order valence-corrected chi connectivity index (χ0v) is 30.7. The summed E-state index contributed by atoms with van der Waals surface area (Å²) < 4.78 is 54.9. The van der Waals surface area contributed by atoms with E-state index in [1.54, 1.807) is 12.2 Å². The molecule has 2 aromatic heterocycles. The van der Waals surface area contributed by atoms with Gasteiger partial charge in [0.15, 0.2) is 17.7 Å². The highest BCUT2D eigenvalue weighted by atomic mass is 19.2. The number of methoxy groups -OCH3 is 1. The summed E-state index contributed by atoms with van der Waals surface area (Å²) in [4.78, 5) is 20.7. The molecule has 0 amide bonds. The van der Waals surface area contributed by atoms with E-state index in [0.29, 0.717) is 54.1 Å². The van der Waals surface area contributed by atoms with E-state index in [-0.39, 0.29) is 17.5 Å². The molecule has 1 saturated heterocycles. The van der Waals surface area contributed by atoms with Crippen molar-refractivity contribution in [3.05, 3.63) is 96.7 Å². The molecule has 1 aliphatic heterocycles. The van der Waals surface area contributed by atoms with Gasteiger partial charge >= 0.3 is 5.97 Å². The number of benzene rings is 2. The number of anilines is 1. The molecular formula is C41H49F2N3O5. The fourth-order valence-corrected chi connectivity index (χ4v) is 6.51. The number of halogens is 2. The molecule has 2 aromatic carbocycles. The van der Waals surface area contributed by atoms with Crippen LogP contribution in [0.1, 0.15) is 71.1 Å². The predicted molar refractivity (Wildman–Crippen MR) is 197 cm³/mol. The summed E-state index contributed by atoms with van der Waals surface area (Å²) in [6.07, 6.45) is 6.19. The molecule has 0 saturated carbocycles. The largest absolute Gasteiger partial charge is 0.490 e. The van der Waals surface area contributed by atoms with Crippen molar-refractivity contribution in [2.45, 2.75) is 84.2 Å². The second kappa shape index (κ2) is 15.4. The van der Waals surface area contributed by atoms with Crippen LogP contribution in [0.15, 0.2) is 74.0 Å². The lowest BCUT2D eigenvalue weighted by Crippen LogP contribution is -2.45. The van der Waals surface area contributed by atoms with Crippen LogP contribution in [0.2, 0.25) is 0 Å². The van der Waals surface area contributed by atoms with Crippen LogP contribution >= 0.6 is 0 Å². The van der Waals surface area contributed by atoms with Gasteiger partial charge < -0.3 is 23.8 Å². The third kappa shape index (κ3) is 8.51. The Kier molecular flexibility index (Phi) is 11.4. The number of aromatic nitrogens is 2. The Hall–Kier alpha value is -4.54. The third-order valence-corrected chi connectivity index (χ3v) is 9.11. The lowest BCUT2D eigenvalue weighted by Gasteiger charge is -2.41. The number of nitrogens with zero attached hydrogens (tertiary/aromatic N) is 3. The van der Waals surface area contributed by atoms with Gasteiger partial charge in [0.1, 0.15) is 17.2 Å². The smallest absolute Gasteiger partial charge is 0.339 e. The first-order valence-corrected chi connectivity index (χ1v) is 17.3. The summed E-state index contributed by atoms with van der Waals surface area (Å²) in [5, 5.41) is 0. The van der Waals surface area contributed by atoms with Crippen molar-refractivity contribution in [1.29, 1.82) is 0 Å². The number of rotatable bonds is 13. The number of piperidine rings is 1. The molecule has 0 unspecified atom stereocenters. The summed E-state index contributed by atoms with van der Waals surface area (Å²) in [6.45, 7) is 21.0. The Balaban J connectivity index is 1.65. The van der Waals surface area contributed by atoms with Gasteiger partial charge in [0.05, 0.1) is 36.7 Å². The van der Waals surface area contributed by atoms with Crippen LogP contribution in [0.3, 0.4) is 0 Å². The first-order chi connectivity index (χ1) is 24.2. The first kappa shape index (κ1) is 37.7. The summed E-state index contributed by atoms with van der Waals surface area (Å²) >= 11 is 0. The van der Waals surface area contributed by atoms with Crippen molar-refractivity contribution < 1.29 is 32.5 Å². The first-order valence-electron chi connectivity index (χ1n) is 17.3. The second-order valence-corrected chi connectivity index (χ2v) is 14.4. The molecule has 0 spiro atoms. The molecule has 0 radical (unpaired) electrons. The van der Waals surface area contributed by atoms with Gasteiger partial charge in [-0.25, -0.2) is 18.6 Å². The number of carbonyl (C=O) groups excluding carboxylic acids is 1. The van der Waals surface area contributed by atoms with E-state index in [4.69, 9.17) is 23.9 Å². The Morgan fingerprint density at radius 3 is 2.39 bits per heavy atom. The van der Waals surface area contributed by atoms with Crippen molar-refractivity contribution in [3.63, 3.8) is 0 Å². The molecule has 272 valence electrons. The summed E-state index contributed by atoms with van der Waals surface area (Å²) in [5.74, 6) is -1.42. The van der Waals surface area contributed by atoms with E-state index in [2.05, 4.69) is 25.0 Å². The van der Waals surface area contributed by atoms with E-state index < -0.39 is 29.3 Å². The van der Waals surface area contributed by atoms with Gasteiger partial charge in [-0.3, -0.25) is 4.40 Å². The van der Waals surface area contributed by atoms with E-state index in [0.717, 1.165) is 41.9 Å². The molecule has 1 fully saturated rings. The molecular weight excluding hydrogens is 652 g/mol. The van der Waals surface area contributed by atoms with Gasteiger partial charge in [-0.15, -0.1) is 13.2 Å². The molecule has 51 heavy (non-hydrogen) atoms. The van der Waals surface area contributed by atoms with Gasteiger partial charge in [0, 0.05) is 48.5 Å². The number of hydrogen-bond acceptors (Lipinski definition) is 7. The normalized spacial score (nSPS) is 15.7. The van der Waals surface area contributed by atoms with Gasteiger partial charge in [-0.1, -0.05) is 30.4 Å². The van der Waals surface area contributed by atoms with Crippen molar-refractivity contribution in [2.24, 2.45) is 0 Å². The highest BCUT2D eigenvalue weighted by Crippen LogP contribution is 2.40. The van der Waals surface area contributed by atoms with Crippen LogP contribution in [0.5, 0.6) is 5.75 Å². The Morgan fingerprint density at radius 2 is 1.75 bits per heavy atom. The molecule has 4 aromatic rings. The molecule has 0 bridgehead atoms. The average Bonchev–Trinajstić information content (AvgIpc) is 3.51. The minimum absolute atomic E-state index is 0.236.